The molecule has 10 heteroatoms. The van der Waals surface area contributed by atoms with E-state index in [4.69, 9.17) is 10.9 Å². The Labute approximate surface area is 89.7 Å². The van der Waals surface area contributed by atoms with Crippen LogP contribution in [-0.2, 0) is 9.84 Å². The van der Waals surface area contributed by atoms with Gasteiger partial charge in [0, 0.05) is 0 Å². The van der Waals surface area contributed by atoms with Crippen LogP contribution in [0.1, 0.15) is 13.8 Å². The van der Waals surface area contributed by atoms with Gasteiger partial charge in [-0.3, -0.25) is 0 Å². The fourth-order valence-electron chi connectivity index (χ4n) is 0.875. The topological polar surface area (TPSA) is 101 Å². The van der Waals surface area contributed by atoms with E-state index in [2.05, 4.69) is 0 Å². The van der Waals surface area contributed by atoms with Gasteiger partial charge in [-0.25, -0.2) is 24.1 Å². The third-order valence-electron chi connectivity index (χ3n) is 1.75. The maximum absolute atomic E-state index is 12.0. The Hall–Kier alpha value is -1.03. The SMILES string of the molecule is CC(C)(CS(=O)(=O)C(F)(F)F)N(N)C(=O)O. The Morgan fingerprint density at radius 1 is 1.38 bits per heavy atom. The molecule has 0 atom stereocenters. The van der Waals surface area contributed by atoms with Crippen LogP contribution in [0.15, 0.2) is 0 Å². The molecule has 3 N–H and O–H groups in total. The third kappa shape index (κ3) is 3.23. The Morgan fingerprint density at radius 3 is 2.00 bits per heavy atom. The summed E-state index contributed by atoms with van der Waals surface area (Å²) in [5.74, 6) is 3.51. The molecule has 0 heterocycles. The molecule has 6 nitrogen and oxygen atoms in total. The van der Waals surface area contributed by atoms with Gasteiger partial charge in [-0.1, -0.05) is 0 Å². The van der Waals surface area contributed by atoms with Gasteiger partial charge < -0.3 is 5.11 Å². The molecule has 0 aliphatic carbocycles. The first-order chi connectivity index (χ1) is 6.81. The maximum Gasteiger partial charge on any atom is 0.497 e. The zero-order chi connectivity index (χ0) is 13.4. The minimum Gasteiger partial charge on any atom is -0.464 e. The van der Waals surface area contributed by atoms with Crippen LogP contribution in [0.2, 0.25) is 0 Å². The van der Waals surface area contributed by atoms with E-state index in [1.807, 2.05) is 0 Å². The van der Waals surface area contributed by atoms with E-state index in [-0.39, 0.29) is 5.01 Å². The van der Waals surface area contributed by atoms with Crippen molar-refractivity contribution in [2.24, 2.45) is 5.84 Å². The second-order valence-electron chi connectivity index (χ2n) is 3.67. The highest BCUT2D eigenvalue weighted by atomic mass is 32.2. The number of hydrogen-bond acceptors (Lipinski definition) is 4. The number of nitrogens with zero attached hydrogens (tertiary/aromatic N) is 1. The van der Waals surface area contributed by atoms with Crippen LogP contribution in [0.4, 0.5) is 18.0 Å². The van der Waals surface area contributed by atoms with Crippen molar-refractivity contribution in [2.45, 2.75) is 24.9 Å². The average molecular weight is 264 g/mol. The highest BCUT2D eigenvalue weighted by molar-refractivity contribution is 7.92. The van der Waals surface area contributed by atoms with Crippen molar-refractivity contribution in [3.05, 3.63) is 0 Å². The molecule has 0 aromatic rings. The van der Waals surface area contributed by atoms with Gasteiger partial charge in [-0.05, 0) is 13.8 Å². The Balaban J connectivity index is 5.07. The van der Waals surface area contributed by atoms with E-state index in [1.54, 1.807) is 0 Å². The minimum absolute atomic E-state index is 0.0241. The fourth-order valence-corrected chi connectivity index (χ4v) is 2.11. The highest BCUT2D eigenvalue weighted by Gasteiger charge is 2.49. The monoisotopic (exact) mass is 264 g/mol. The van der Waals surface area contributed by atoms with E-state index in [9.17, 15) is 26.4 Å². The lowest BCUT2D eigenvalue weighted by Crippen LogP contribution is -2.56. The number of rotatable bonds is 3. The van der Waals surface area contributed by atoms with E-state index in [0.29, 0.717) is 0 Å². The second-order valence-corrected chi connectivity index (χ2v) is 5.65. The Bertz CT molecular complexity index is 376. The average Bonchev–Trinajstić information content (AvgIpc) is 1.98. The second kappa shape index (κ2) is 4.09. The molecule has 0 aromatic carbocycles. The van der Waals surface area contributed by atoms with Crippen LogP contribution >= 0.6 is 0 Å². The smallest absolute Gasteiger partial charge is 0.464 e. The van der Waals surface area contributed by atoms with Gasteiger partial charge in [0.05, 0.1) is 11.3 Å². The summed E-state index contributed by atoms with van der Waals surface area (Å²) in [6.45, 7) is 1.95. The van der Waals surface area contributed by atoms with Crippen LogP contribution in [0.3, 0.4) is 0 Å². The molecular weight excluding hydrogens is 253 g/mol. The molecule has 0 unspecified atom stereocenters. The molecule has 0 bridgehead atoms. The molecule has 0 saturated carbocycles. The number of halogens is 3. The molecule has 0 aliphatic heterocycles. The Morgan fingerprint density at radius 2 is 1.75 bits per heavy atom. The molecule has 0 aliphatic rings. The third-order valence-corrected chi connectivity index (χ3v) is 3.55. The van der Waals surface area contributed by atoms with Gasteiger partial charge in [0.25, 0.3) is 0 Å². The molecule has 96 valence electrons. The van der Waals surface area contributed by atoms with Crippen LogP contribution in [0.25, 0.3) is 0 Å². The normalized spacial score (nSPS) is 13.6. The predicted molar refractivity (Wildman–Crippen MR) is 48.0 cm³/mol. The van der Waals surface area contributed by atoms with Gasteiger partial charge in [-0.15, -0.1) is 0 Å². The van der Waals surface area contributed by atoms with Crippen molar-refractivity contribution in [3.8, 4) is 0 Å². The fraction of sp³-hybridized carbons (Fsp3) is 0.833. The number of amides is 1. The number of carbonyl (C=O) groups is 1. The summed E-state index contributed by atoms with van der Waals surface area (Å²) in [4.78, 5) is 10.4. The first kappa shape index (κ1) is 15.0. The number of sulfone groups is 1. The summed E-state index contributed by atoms with van der Waals surface area (Å²) >= 11 is 0. The van der Waals surface area contributed by atoms with Crippen LogP contribution in [-0.4, -0.2) is 41.4 Å². The van der Waals surface area contributed by atoms with Crippen molar-refractivity contribution in [3.63, 3.8) is 0 Å². The molecule has 0 radical (unpaired) electrons. The summed E-state index contributed by atoms with van der Waals surface area (Å²) in [5.41, 5.74) is -7.30. The van der Waals surface area contributed by atoms with Crippen molar-refractivity contribution in [2.75, 3.05) is 5.75 Å². The van der Waals surface area contributed by atoms with E-state index in [0.717, 1.165) is 13.8 Å². The number of carboxylic acid groups (broad SMARTS) is 1. The largest absolute Gasteiger partial charge is 0.497 e. The first-order valence-electron chi connectivity index (χ1n) is 3.88. The van der Waals surface area contributed by atoms with Crippen molar-refractivity contribution in [1.82, 2.24) is 5.01 Å². The van der Waals surface area contributed by atoms with Gasteiger partial charge in [0.2, 0.25) is 9.84 Å². The summed E-state index contributed by atoms with van der Waals surface area (Å²) in [5, 5.41) is 8.47. The lowest BCUT2D eigenvalue weighted by atomic mass is 10.1. The lowest BCUT2D eigenvalue weighted by molar-refractivity contribution is -0.0446. The molecule has 1 amide bonds. The highest BCUT2D eigenvalue weighted by Crippen LogP contribution is 2.27. The standard InChI is InChI=1S/C6H11F3N2O4S/c1-5(2,11(10)4(12)13)3-16(14,15)6(7,8)9/h3,10H2,1-2H3,(H,12,13). The first-order valence-corrected chi connectivity index (χ1v) is 5.53. The molecular formula is C6H11F3N2O4S. The van der Waals surface area contributed by atoms with Crippen LogP contribution < -0.4 is 5.84 Å². The summed E-state index contributed by atoms with van der Waals surface area (Å²) in [6, 6.07) is 0. The number of nitrogens with two attached hydrogens (primary N) is 1. The molecule has 0 aromatic heterocycles. The Kier molecular flexibility index (Phi) is 3.83. The zero-order valence-corrected chi connectivity index (χ0v) is 9.26. The molecule has 0 rings (SSSR count). The van der Waals surface area contributed by atoms with E-state index in [1.165, 1.54) is 0 Å². The number of hydrogen-bond donors (Lipinski definition) is 2. The zero-order valence-electron chi connectivity index (χ0n) is 8.45. The molecule has 0 fully saturated rings. The predicted octanol–water partition coefficient (Wildman–Crippen LogP) is 0.553. The minimum atomic E-state index is -5.43. The molecule has 0 saturated heterocycles. The van der Waals surface area contributed by atoms with Crippen molar-refractivity contribution in [1.29, 1.82) is 0 Å². The van der Waals surface area contributed by atoms with Gasteiger partial charge in [0.15, 0.2) is 0 Å². The van der Waals surface area contributed by atoms with Gasteiger partial charge >= 0.3 is 11.6 Å². The van der Waals surface area contributed by atoms with E-state index < -0.39 is 32.7 Å². The number of alkyl halides is 3. The van der Waals surface area contributed by atoms with Gasteiger partial charge in [0.1, 0.15) is 0 Å². The molecule has 0 spiro atoms. The summed E-state index contributed by atoms with van der Waals surface area (Å²) < 4.78 is 57.7. The van der Waals surface area contributed by atoms with Crippen molar-refractivity contribution >= 4 is 15.9 Å². The quantitative estimate of drug-likeness (QED) is 0.440. The van der Waals surface area contributed by atoms with Crippen LogP contribution in [0, 0.1) is 0 Å². The summed E-state index contributed by atoms with van der Waals surface area (Å²) in [7, 11) is -5.42. The summed E-state index contributed by atoms with van der Waals surface area (Å²) in [6.07, 6.45) is -1.72. The van der Waals surface area contributed by atoms with Gasteiger partial charge in [-0.2, -0.15) is 13.2 Å². The number of hydrazine groups is 1. The molecule has 16 heavy (non-hydrogen) atoms. The van der Waals surface area contributed by atoms with E-state index >= 15 is 0 Å². The lowest BCUT2D eigenvalue weighted by Gasteiger charge is -2.32. The maximum atomic E-state index is 12.0. The van der Waals surface area contributed by atoms with Crippen LogP contribution in [0.5, 0.6) is 0 Å². The van der Waals surface area contributed by atoms with Crippen molar-refractivity contribution < 1.29 is 31.5 Å².